The third-order valence-corrected chi connectivity index (χ3v) is 3.07. The van der Waals surface area contributed by atoms with Crippen molar-refractivity contribution in [2.24, 2.45) is 5.92 Å². The van der Waals surface area contributed by atoms with Gasteiger partial charge in [0.05, 0.1) is 12.2 Å². The number of aliphatic hydroxyl groups excluding tert-OH is 1. The van der Waals surface area contributed by atoms with Gasteiger partial charge in [0.2, 0.25) is 0 Å². The summed E-state index contributed by atoms with van der Waals surface area (Å²) in [4.78, 5) is 0. The van der Waals surface area contributed by atoms with Gasteiger partial charge in [-0.1, -0.05) is 13.0 Å². The number of ether oxygens (including phenoxy) is 1. The maximum absolute atomic E-state index is 9.96. The van der Waals surface area contributed by atoms with Crippen LogP contribution >= 0.6 is 0 Å². The summed E-state index contributed by atoms with van der Waals surface area (Å²) >= 11 is 0. The van der Waals surface area contributed by atoms with Crippen LogP contribution in [0.15, 0.2) is 12.7 Å². The molecule has 1 saturated heterocycles. The fourth-order valence-electron chi connectivity index (χ4n) is 2.21. The Bertz CT molecular complexity index is 168. The van der Waals surface area contributed by atoms with Crippen LogP contribution in [0.25, 0.3) is 0 Å². The van der Waals surface area contributed by atoms with Crippen molar-refractivity contribution in [3.63, 3.8) is 0 Å². The molecule has 3 unspecified atom stereocenters. The predicted octanol–water partition coefficient (Wildman–Crippen LogP) is 2.52. The van der Waals surface area contributed by atoms with Gasteiger partial charge in [-0.3, -0.25) is 0 Å². The molecule has 2 nitrogen and oxygen atoms in total. The molecule has 0 radical (unpaired) electrons. The van der Waals surface area contributed by atoms with Crippen LogP contribution in [0.3, 0.4) is 0 Å². The summed E-state index contributed by atoms with van der Waals surface area (Å²) in [6.07, 6.45) is 6.98. The topological polar surface area (TPSA) is 29.5 Å². The summed E-state index contributed by atoms with van der Waals surface area (Å²) in [5.74, 6) is 0.366. The molecule has 1 heterocycles. The smallest absolute Gasteiger partial charge is 0.0626 e. The zero-order valence-corrected chi connectivity index (χ0v) is 9.11. The van der Waals surface area contributed by atoms with Crippen LogP contribution in [0.2, 0.25) is 0 Å². The largest absolute Gasteiger partial charge is 0.393 e. The second kappa shape index (κ2) is 6.20. The maximum Gasteiger partial charge on any atom is 0.0626 e. The fraction of sp³-hybridized carbons (Fsp3) is 0.833. The van der Waals surface area contributed by atoms with E-state index in [9.17, 15) is 5.11 Å². The number of hydrogen-bond donors (Lipinski definition) is 1. The molecule has 1 fully saturated rings. The highest BCUT2D eigenvalue weighted by Crippen LogP contribution is 2.28. The Kier molecular flexibility index (Phi) is 5.20. The summed E-state index contributed by atoms with van der Waals surface area (Å²) in [5, 5.41) is 9.96. The van der Waals surface area contributed by atoms with Gasteiger partial charge in [0, 0.05) is 12.5 Å². The molecule has 1 aliphatic heterocycles. The molecule has 0 bridgehead atoms. The lowest BCUT2D eigenvalue weighted by atomic mass is 9.90. The van der Waals surface area contributed by atoms with Gasteiger partial charge in [-0.2, -0.15) is 0 Å². The van der Waals surface area contributed by atoms with Gasteiger partial charge in [0.25, 0.3) is 0 Å². The first kappa shape index (κ1) is 11.7. The van der Waals surface area contributed by atoms with Crippen molar-refractivity contribution in [3.05, 3.63) is 12.7 Å². The Morgan fingerprint density at radius 2 is 2.43 bits per heavy atom. The molecule has 0 aliphatic carbocycles. The monoisotopic (exact) mass is 198 g/mol. The summed E-state index contributed by atoms with van der Waals surface area (Å²) in [7, 11) is 0. The summed E-state index contributed by atoms with van der Waals surface area (Å²) in [6.45, 7) is 6.63. The molecular weight excluding hydrogens is 176 g/mol. The Morgan fingerprint density at radius 1 is 1.64 bits per heavy atom. The molecule has 1 rings (SSSR count). The van der Waals surface area contributed by atoms with Gasteiger partial charge in [-0.05, 0) is 32.1 Å². The molecule has 0 aromatic rings. The van der Waals surface area contributed by atoms with Crippen LogP contribution in [-0.4, -0.2) is 23.9 Å². The van der Waals surface area contributed by atoms with Crippen molar-refractivity contribution >= 4 is 0 Å². The number of aliphatic hydroxyl groups is 1. The van der Waals surface area contributed by atoms with E-state index in [1.807, 2.05) is 6.08 Å². The van der Waals surface area contributed by atoms with Crippen LogP contribution in [0.5, 0.6) is 0 Å². The minimum atomic E-state index is -0.178. The molecule has 0 amide bonds. The number of allylic oxidation sites excluding steroid dienone is 1. The van der Waals surface area contributed by atoms with E-state index in [0.29, 0.717) is 5.92 Å². The van der Waals surface area contributed by atoms with Crippen molar-refractivity contribution in [3.8, 4) is 0 Å². The zero-order valence-electron chi connectivity index (χ0n) is 9.11. The quantitative estimate of drug-likeness (QED) is 0.525. The molecule has 14 heavy (non-hydrogen) atoms. The lowest BCUT2D eigenvalue weighted by molar-refractivity contribution is 0.0272. The first-order valence-electron chi connectivity index (χ1n) is 5.70. The molecule has 82 valence electrons. The van der Waals surface area contributed by atoms with Gasteiger partial charge in [-0.25, -0.2) is 0 Å². The van der Waals surface area contributed by atoms with E-state index in [2.05, 4.69) is 13.5 Å². The van der Waals surface area contributed by atoms with Crippen LogP contribution in [0, 0.1) is 5.92 Å². The Morgan fingerprint density at radius 3 is 3.07 bits per heavy atom. The average molecular weight is 198 g/mol. The van der Waals surface area contributed by atoms with Crippen molar-refractivity contribution in [2.75, 3.05) is 6.61 Å². The second-order valence-electron chi connectivity index (χ2n) is 4.06. The van der Waals surface area contributed by atoms with Crippen LogP contribution in [-0.2, 0) is 4.74 Å². The fourth-order valence-corrected chi connectivity index (χ4v) is 2.21. The van der Waals surface area contributed by atoms with Crippen molar-refractivity contribution in [1.82, 2.24) is 0 Å². The van der Waals surface area contributed by atoms with E-state index in [-0.39, 0.29) is 12.2 Å². The van der Waals surface area contributed by atoms with Crippen LogP contribution in [0.1, 0.15) is 39.0 Å². The minimum absolute atomic E-state index is 0.178. The second-order valence-corrected chi connectivity index (χ2v) is 4.06. The summed E-state index contributed by atoms with van der Waals surface area (Å²) < 4.78 is 5.56. The standard InChI is InChI=1S/C12H22O2/c1-3-5-6-7-11(13)10-8-9-14-12(10)4-2/h3,10-13H,1,4-9H2,2H3. The van der Waals surface area contributed by atoms with E-state index in [4.69, 9.17) is 4.74 Å². The Balaban J connectivity index is 2.27. The van der Waals surface area contributed by atoms with Gasteiger partial charge in [0.1, 0.15) is 0 Å². The molecule has 2 heteroatoms. The predicted molar refractivity (Wildman–Crippen MR) is 58.2 cm³/mol. The lowest BCUT2D eigenvalue weighted by Crippen LogP contribution is -2.27. The molecule has 0 spiro atoms. The van der Waals surface area contributed by atoms with Crippen molar-refractivity contribution in [1.29, 1.82) is 0 Å². The normalized spacial score (nSPS) is 29.0. The third kappa shape index (κ3) is 3.10. The van der Waals surface area contributed by atoms with Crippen LogP contribution in [0.4, 0.5) is 0 Å². The maximum atomic E-state index is 9.96. The molecule has 3 atom stereocenters. The Labute approximate surface area is 87.0 Å². The minimum Gasteiger partial charge on any atom is -0.393 e. The number of rotatable bonds is 6. The lowest BCUT2D eigenvalue weighted by Gasteiger charge is -2.22. The van der Waals surface area contributed by atoms with E-state index in [1.54, 1.807) is 0 Å². The van der Waals surface area contributed by atoms with Gasteiger partial charge < -0.3 is 9.84 Å². The number of hydrogen-bond acceptors (Lipinski definition) is 2. The highest BCUT2D eigenvalue weighted by molar-refractivity contribution is 4.81. The average Bonchev–Trinajstić information content (AvgIpc) is 2.65. The first-order chi connectivity index (χ1) is 6.79. The Hall–Kier alpha value is -0.340. The van der Waals surface area contributed by atoms with Gasteiger partial charge in [0.15, 0.2) is 0 Å². The van der Waals surface area contributed by atoms with Crippen LogP contribution < -0.4 is 0 Å². The molecule has 0 aromatic carbocycles. The highest BCUT2D eigenvalue weighted by Gasteiger charge is 2.31. The van der Waals surface area contributed by atoms with E-state index >= 15 is 0 Å². The number of unbranched alkanes of at least 4 members (excludes halogenated alkanes) is 1. The van der Waals surface area contributed by atoms with Gasteiger partial charge >= 0.3 is 0 Å². The van der Waals surface area contributed by atoms with Crippen molar-refractivity contribution < 1.29 is 9.84 Å². The van der Waals surface area contributed by atoms with E-state index in [1.165, 1.54) is 0 Å². The SMILES string of the molecule is C=CCCCC(O)C1CCOC1CC. The molecule has 0 aromatic heterocycles. The summed E-state index contributed by atoms with van der Waals surface area (Å²) in [6, 6.07) is 0. The third-order valence-electron chi connectivity index (χ3n) is 3.07. The molecular formula is C12H22O2. The molecule has 1 N–H and O–H groups in total. The molecule has 1 aliphatic rings. The molecule has 0 saturated carbocycles. The van der Waals surface area contributed by atoms with E-state index < -0.39 is 0 Å². The van der Waals surface area contributed by atoms with Gasteiger partial charge in [-0.15, -0.1) is 6.58 Å². The summed E-state index contributed by atoms with van der Waals surface area (Å²) in [5.41, 5.74) is 0. The highest BCUT2D eigenvalue weighted by atomic mass is 16.5. The zero-order chi connectivity index (χ0) is 10.4. The van der Waals surface area contributed by atoms with E-state index in [0.717, 1.165) is 38.7 Å². The van der Waals surface area contributed by atoms with Crippen molar-refractivity contribution in [2.45, 2.75) is 51.2 Å². The first-order valence-corrected chi connectivity index (χ1v) is 5.70.